The van der Waals surface area contributed by atoms with Gasteiger partial charge in [0.15, 0.2) is 5.82 Å². The molecule has 1 saturated carbocycles. The Labute approximate surface area is 173 Å². The molecule has 2 fully saturated rings. The number of aromatic nitrogens is 2. The summed E-state index contributed by atoms with van der Waals surface area (Å²) in [6.45, 7) is 4.81. The minimum atomic E-state index is -4.55. The van der Waals surface area contributed by atoms with Gasteiger partial charge in [-0.25, -0.2) is 9.99 Å². The van der Waals surface area contributed by atoms with Crippen LogP contribution in [0.15, 0.2) is 30.5 Å². The van der Waals surface area contributed by atoms with E-state index in [4.69, 9.17) is 0 Å². The monoisotopic (exact) mass is 439 g/mol. The van der Waals surface area contributed by atoms with Crippen molar-refractivity contribution in [3.63, 3.8) is 0 Å². The number of hydrogen-bond acceptors (Lipinski definition) is 6. The fraction of sp³-hybridized carbons (Fsp3) is 0.500. The number of fused-ring (bicyclic) bond motifs is 1. The lowest BCUT2D eigenvalue weighted by atomic mass is 10.0. The molecule has 2 aliphatic rings. The van der Waals surface area contributed by atoms with Crippen molar-refractivity contribution in [2.45, 2.75) is 25.4 Å². The van der Waals surface area contributed by atoms with Crippen LogP contribution < -0.4 is 16.0 Å². The van der Waals surface area contributed by atoms with Crippen LogP contribution in [0.4, 0.5) is 30.6 Å². The van der Waals surface area contributed by atoms with Crippen molar-refractivity contribution in [2.75, 3.05) is 37.2 Å². The molecule has 0 amide bonds. The van der Waals surface area contributed by atoms with E-state index in [2.05, 4.69) is 20.7 Å². The zero-order valence-corrected chi connectivity index (χ0v) is 17.8. The van der Waals surface area contributed by atoms with Gasteiger partial charge >= 0.3 is 6.18 Å². The lowest BCUT2D eigenvalue weighted by Gasteiger charge is -2.22. The lowest BCUT2D eigenvalue weighted by molar-refractivity contribution is -0.137. The number of nitrogens with one attached hydrogen (secondary N) is 2. The summed E-state index contributed by atoms with van der Waals surface area (Å²) >= 11 is 0. The van der Waals surface area contributed by atoms with Crippen molar-refractivity contribution in [3.8, 4) is 0 Å². The first kappa shape index (κ1) is 21.1. The number of hydrogen-bond donors (Lipinski definition) is 2. The summed E-state index contributed by atoms with van der Waals surface area (Å²) in [4.78, 5) is 7.96. The molecule has 30 heavy (non-hydrogen) atoms. The third-order valence-corrected chi connectivity index (χ3v) is 7.37. The summed E-state index contributed by atoms with van der Waals surface area (Å²) in [6.07, 6.45) is -0.298. The molecule has 2 heterocycles. The van der Waals surface area contributed by atoms with Crippen molar-refractivity contribution >= 4 is 29.9 Å². The van der Waals surface area contributed by atoms with Gasteiger partial charge in [-0.15, -0.1) is 0 Å². The quantitative estimate of drug-likeness (QED) is 0.667. The average Bonchev–Trinajstić information content (AvgIpc) is 3.22. The number of rotatable bonds is 5. The maximum Gasteiger partial charge on any atom is 0.421 e. The Bertz CT molecular complexity index is 948. The Hall–Kier alpha value is -2.12. The molecular formula is C20H25F3N5OP. The molecule has 6 nitrogen and oxygen atoms in total. The third kappa shape index (κ3) is 4.62. The van der Waals surface area contributed by atoms with Crippen molar-refractivity contribution < 1.29 is 17.7 Å². The predicted molar refractivity (Wildman–Crippen MR) is 112 cm³/mol. The van der Waals surface area contributed by atoms with Gasteiger partial charge in [-0.3, -0.25) is 0 Å². The van der Waals surface area contributed by atoms with Crippen molar-refractivity contribution in [1.29, 1.82) is 0 Å². The predicted octanol–water partition coefficient (Wildman–Crippen LogP) is 4.55. The number of alkyl halides is 3. The minimum absolute atomic E-state index is 0.0637. The van der Waals surface area contributed by atoms with Crippen LogP contribution in [0.1, 0.15) is 24.8 Å². The standard InChI is InChI=1S/C20H25F3N5OP/c1-30(2,29)16-8-6-15(7-9-16)25-19-24-10-17(20(21,22)23)18(26-19)27-28-11-13-4-3-5-14(13)12-28/h6-10,13-14H,3-5,11-12H2,1-2H3,(H2,24,25,26,27). The first-order chi connectivity index (χ1) is 14.1. The fourth-order valence-electron chi connectivity index (χ4n) is 4.24. The Morgan fingerprint density at radius 2 is 1.73 bits per heavy atom. The number of halogens is 3. The van der Waals surface area contributed by atoms with E-state index < -0.39 is 18.9 Å². The van der Waals surface area contributed by atoms with Gasteiger partial charge in [-0.1, -0.05) is 6.42 Å². The summed E-state index contributed by atoms with van der Waals surface area (Å²) in [6, 6.07) is 6.89. The molecule has 10 heteroatoms. The van der Waals surface area contributed by atoms with E-state index in [0.717, 1.165) is 37.4 Å². The van der Waals surface area contributed by atoms with Crippen LogP contribution in [0.25, 0.3) is 0 Å². The van der Waals surface area contributed by atoms with Gasteiger partial charge < -0.3 is 15.3 Å². The van der Waals surface area contributed by atoms with E-state index in [-0.39, 0.29) is 11.8 Å². The average molecular weight is 439 g/mol. The highest BCUT2D eigenvalue weighted by Gasteiger charge is 2.39. The molecule has 2 atom stereocenters. The molecule has 2 N–H and O–H groups in total. The van der Waals surface area contributed by atoms with Gasteiger partial charge in [0.2, 0.25) is 5.95 Å². The van der Waals surface area contributed by atoms with Gasteiger partial charge in [0.1, 0.15) is 12.7 Å². The molecule has 1 aromatic heterocycles. The van der Waals surface area contributed by atoms with Crippen LogP contribution in [0.3, 0.4) is 0 Å². The van der Waals surface area contributed by atoms with Crippen LogP contribution in [-0.2, 0) is 10.7 Å². The van der Waals surface area contributed by atoms with Gasteiger partial charge in [0.05, 0.1) is 0 Å². The van der Waals surface area contributed by atoms with Gasteiger partial charge in [0, 0.05) is 30.3 Å². The zero-order chi connectivity index (χ0) is 21.5. The molecule has 1 aromatic carbocycles. The smallest absolute Gasteiger partial charge is 0.324 e. The normalized spacial score (nSPS) is 22.2. The summed E-state index contributed by atoms with van der Waals surface area (Å²) < 4.78 is 52.6. The second kappa shape index (κ2) is 7.85. The first-order valence-corrected chi connectivity index (χ1v) is 12.6. The van der Waals surface area contributed by atoms with Crippen molar-refractivity contribution in [1.82, 2.24) is 15.0 Å². The SMILES string of the molecule is CP(C)(=O)c1ccc(Nc2ncc(C(F)(F)F)c(NN3CC4CCCC4C3)n2)cc1. The van der Waals surface area contributed by atoms with Gasteiger partial charge in [-0.05, 0) is 62.3 Å². The highest BCUT2D eigenvalue weighted by Crippen LogP contribution is 2.39. The van der Waals surface area contributed by atoms with E-state index in [1.54, 1.807) is 37.6 Å². The highest BCUT2D eigenvalue weighted by molar-refractivity contribution is 7.70. The first-order valence-electron chi connectivity index (χ1n) is 9.98. The summed E-state index contributed by atoms with van der Waals surface area (Å²) in [7, 11) is -2.38. The molecule has 0 bridgehead atoms. The zero-order valence-electron chi connectivity index (χ0n) is 16.9. The summed E-state index contributed by atoms with van der Waals surface area (Å²) in [5.74, 6) is 0.896. The van der Waals surface area contributed by atoms with E-state index in [1.807, 2.05) is 5.01 Å². The Kier molecular flexibility index (Phi) is 5.53. The van der Waals surface area contributed by atoms with Crippen LogP contribution in [0.2, 0.25) is 0 Å². The van der Waals surface area contributed by atoms with Crippen molar-refractivity contribution in [3.05, 3.63) is 36.0 Å². The van der Waals surface area contributed by atoms with Gasteiger partial charge in [0.25, 0.3) is 0 Å². The summed E-state index contributed by atoms with van der Waals surface area (Å²) in [5, 5.41) is 5.49. The van der Waals surface area contributed by atoms with Crippen LogP contribution in [0, 0.1) is 11.8 Å². The number of hydrazine groups is 1. The number of anilines is 3. The fourth-order valence-corrected chi connectivity index (χ4v) is 5.11. The molecule has 1 saturated heterocycles. The lowest BCUT2D eigenvalue weighted by Crippen LogP contribution is -2.30. The molecule has 0 spiro atoms. The largest absolute Gasteiger partial charge is 0.421 e. The molecule has 2 aromatic rings. The molecule has 162 valence electrons. The van der Waals surface area contributed by atoms with E-state index in [1.165, 1.54) is 6.42 Å². The molecule has 1 aliphatic heterocycles. The maximum atomic E-state index is 13.5. The molecule has 4 rings (SSSR count). The molecule has 2 unspecified atom stereocenters. The highest BCUT2D eigenvalue weighted by atomic mass is 31.2. The number of nitrogens with zero attached hydrogens (tertiary/aromatic N) is 3. The second-order valence-corrected chi connectivity index (χ2v) is 11.7. The van der Waals surface area contributed by atoms with Gasteiger partial charge in [-0.2, -0.15) is 18.2 Å². The molecule has 1 aliphatic carbocycles. The van der Waals surface area contributed by atoms with E-state index in [0.29, 0.717) is 17.5 Å². The summed E-state index contributed by atoms with van der Waals surface area (Å²) in [5.41, 5.74) is 2.60. The topological polar surface area (TPSA) is 70.2 Å². The Morgan fingerprint density at radius 1 is 1.10 bits per heavy atom. The van der Waals surface area contributed by atoms with Crippen LogP contribution in [-0.4, -0.2) is 41.4 Å². The Morgan fingerprint density at radius 3 is 2.30 bits per heavy atom. The van der Waals surface area contributed by atoms with E-state index >= 15 is 0 Å². The maximum absolute atomic E-state index is 13.5. The van der Waals surface area contributed by atoms with E-state index in [9.17, 15) is 17.7 Å². The van der Waals surface area contributed by atoms with Crippen molar-refractivity contribution in [2.24, 2.45) is 11.8 Å². The number of benzene rings is 1. The molecule has 0 radical (unpaired) electrons. The third-order valence-electron chi connectivity index (χ3n) is 5.83. The minimum Gasteiger partial charge on any atom is -0.324 e. The molecular weight excluding hydrogens is 414 g/mol. The van der Waals surface area contributed by atoms with Crippen LogP contribution in [0.5, 0.6) is 0 Å². The van der Waals surface area contributed by atoms with Crippen LogP contribution >= 0.6 is 7.14 Å². The Balaban J connectivity index is 1.54. The second-order valence-electron chi connectivity index (χ2n) is 8.44.